The number of nitrogens with one attached hydrogen (secondary N) is 1. The maximum atomic E-state index is 3.46. The molecule has 2 unspecified atom stereocenters. The quantitative estimate of drug-likeness (QED) is 0.492. The van der Waals surface area contributed by atoms with Crippen molar-refractivity contribution in [2.24, 2.45) is 11.3 Å². The summed E-state index contributed by atoms with van der Waals surface area (Å²) in [6.45, 7) is 5.97. The molecule has 0 aromatic heterocycles. The van der Waals surface area contributed by atoms with Crippen molar-refractivity contribution >= 4 is 0 Å². The zero-order valence-electron chi connectivity index (χ0n) is 5.57. The molecule has 1 saturated heterocycles. The summed E-state index contributed by atoms with van der Waals surface area (Å²) in [6, 6.07) is 0.785. The van der Waals surface area contributed by atoms with Crippen LogP contribution in [0.25, 0.3) is 0 Å². The minimum atomic E-state index is 0.708. The highest BCUT2D eigenvalue weighted by atomic mass is 15.0. The average Bonchev–Trinajstić information content (AvgIpc) is 2.31. The van der Waals surface area contributed by atoms with Gasteiger partial charge >= 0.3 is 0 Å². The minimum absolute atomic E-state index is 0.708. The number of fused-ring (bicyclic) bond motifs is 1. The molecule has 2 aliphatic rings. The molecular weight excluding hydrogens is 98.1 g/mol. The summed E-state index contributed by atoms with van der Waals surface area (Å²) in [6.07, 6.45) is 1.47. The van der Waals surface area contributed by atoms with Gasteiger partial charge in [0, 0.05) is 6.04 Å². The van der Waals surface area contributed by atoms with Crippen LogP contribution in [0.4, 0.5) is 0 Å². The Kier molecular flexibility index (Phi) is 0.663. The van der Waals surface area contributed by atoms with Crippen LogP contribution < -0.4 is 5.32 Å². The molecule has 1 heteroatoms. The maximum absolute atomic E-state index is 3.46. The van der Waals surface area contributed by atoms with Gasteiger partial charge in [-0.15, -0.1) is 0 Å². The van der Waals surface area contributed by atoms with Crippen molar-refractivity contribution in [3.63, 3.8) is 0 Å². The molecule has 1 aliphatic heterocycles. The van der Waals surface area contributed by atoms with Gasteiger partial charge in [-0.3, -0.25) is 0 Å². The van der Waals surface area contributed by atoms with Crippen LogP contribution >= 0.6 is 0 Å². The van der Waals surface area contributed by atoms with Crippen molar-refractivity contribution in [1.29, 1.82) is 0 Å². The lowest BCUT2D eigenvalue weighted by Gasteiger charge is -2.12. The van der Waals surface area contributed by atoms with Crippen LogP contribution in [0.2, 0.25) is 0 Å². The fourth-order valence-electron chi connectivity index (χ4n) is 1.86. The molecule has 8 heavy (non-hydrogen) atoms. The largest absolute Gasteiger partial charge is 0.313 e. The summed E-state index contributed by atoms with van der Waals surface area (Å²) >= 11 is 0. The first-order valence-corrected chi connectivity index (χ1v) is 3.47. The van der Waals surface area contributed by atoms with Gasteiger partial charge in [0.1, 0.15) is 0 Å². The molecule has 0 aromatic carbocycles. The summed E-state index contributed by atoms with van der Waals surface area (Å²) in [5, 5.41) is 3.46. The van der Waals surface area contributed by atoms with Gasteiger partial charge in [0.15, 0.2) is 0 Å². The third-order valence-electron chi connectivity index (χ3n) is 3.12. The predicted molar refractivity (Wildman–Crippen MR) is 33.7 cm³/mol. The van der Waals surface area contributed by atoms with Crippen LogP contribution in [0.3, 0.4) is 0 Å². The Bertz CT molecular complexity index is 120. The van der Waals surface area contributed by atoms with Gasteiger partial charge in [0.25, 0.3) is 0 Å². The lowest BCUT2D eigenvalue weighted by atomic mass is 10.0. The Hall–Kier alpha value is -0.0400. The number of hydrogen-bond acceptors (Lipinski definition) is 1. The van der Waals surface area contributed by atoms with Gasteiger partial charge < -0.3 is 5.32 Å². The van der Waals surface area contributed by atoms with E-state index in [0.29, 0.717) is 5.41 Å². The summed E-state index contributed by atoms with van der Waals surface area (Å²) in [4.78, 5) is 0. The first kappa shape index (κ1) is 4.80. The van der Waals surface area contributed by atoms with Crippen molar-refractivity contribution in [3.05, 3.63) is 0 Å². The van der Waals surface area contributed by atoms with E-state index in [2.05, 4.69) is 19.2 Å². The highest BCUT2D eigenvalue weighted by molar-refractivity contribution is 5.10. The summed E-state index contributed by atoms with van der Waals surface area (Å²) < 4.78 is 0. The van der Waals surface area contributed by atoms with E-state index in [1.165, 1.54) is 13.0 Å². The fourth-order valence-corrected chi connectivity index (χ4v) is 1.86. The van der Waals surface area contributed by atoms with E-state index in [1.54, 1.807) is 0 Å². The molecule has 0 spiro atoms. The standard InChI is InChI=1S/C7H13N/c1-5-7(2)3-6(7)4-8-5/h5-6,8H,3-4H2,1-2H3/t5-,6?,7?/m0/s1. The van der Waals surface area contributed by atoms with Crippen LogP contribution in [0.5, 0.6) is 0 Å². The molecule has 1 N–H and O–H groups in total. The second kappa shape index (κ2) is 1.10. The van der Waals surface area contributed by atoms with Gasteiger partial charge in [0.2, 0.25) is 0 Å². The maximum Gasteiger partial charge on any atom is 0.00959 e. The molecule has 0 amide bonds. The molecular formula is C7H13N. The lowest BCUT2D eigenvalue weighted by molar-refractivity contribution is 0.446. The van der Waals surface area contributed by atoms with E-state index in [1.807, 2.05) is 0 Å². The smallest absolute Gasteiger partial charge is 0.00959 e. The SMILES string of the molecule is C[C@@H]1NCC2CC21C. The average molecular weight is 111 g/mol. The van der Waals surface area contributed by atoms with Crippen molar-refractivity contribution in [1.82, 2.24) is 5.32 Å². The summed E-state index contributed by atoms with van der Waals surface area (Å²) in [5.41, 5.74) is 0.708. The van der Waals surface area contributed by atoms with Gasteiger partial charge in [-0.05, 0) is 31.2 Å². The number of hydrogen-bond donors (Lipinski definition) is 1. The molecule has 2 rings (SSSR count). The predicted octanol–water partition coefficient (Wildman–Crippen LogP) is 1.00. The normalized spacial score (nSPS) is 60.8. The number of piperidine rings is 1. The van der Waals surface area contributed by atoms with E-state index >= 15 is 0 Å². The first-order valence-electron chi connectivity index (χ1n) is 3.47. The molecule has 0 bridgehead atoms. The van der Waals surface area contributed by atoms with Crippen molar-refractivity contribution in [3.8, 4) is 0 Å². The first-order chi connectivity index (χ1) is 3.73. The van der Waals surface area contributed by atoms with Gasteiger partial charge in [0.05, 0.1) is 0 Å². The Morgan fingerprint density at radius 2 is 2.38 bits per heavy atom. The van der Waals surface area contributed by atoms with Gasteiger partial charge in [-0.1, -0.05) is 6.92 Å². The summed E-state index contributed by atoms with van der Waals surface area (Å²) in [7, 11) is 0. The van der Waals surface area contributed by atoms with Crippen LogP contribution in [-0.4, -0.2) is 12.6 Å². The van der Waals surface area contributed by atoms with Crippen molar-refractivity contribution in [2.75, 3.05) is 6.54 Å². The topological polar surface area (TPSA) is 12.0 Å². The van der Waals surface area contributed by atoms with Gasteiger partial charge in [-0.2, -0.15) is 0 Å². The molecule has 1 nitrogen and oxygen atoms in total. The Labute approximate surface area is 50.5 Å². The molecule has 1 heterocycles. The summed E-state index contributed by atoms with van der Waals surface area (Å²) in [5.74, 6) is 1.03. The van der Waals surface area contributed by atoms with Gasteiger partial charge in [-0.25, -0.2) is 0 Å². The second-order valence-electron chi connectivity index (χ2n) is 3.54. The zero-order valence-corrected chi connectivity index (χ0v) is 5.57. The Morgan fingerprint density at radius 3 is 2.50 bits per heavy atom. The highest BCUT2D eigenvalue weighted by Gasteiger charge is 2.57. The zero-order chi connectivity index (χ0) is 5.78. The third-order valence-corrected chi connectivity index (χ3v) is 3.12. The van der Waals surface area contributed by atoms with E-state index in [0.717, 1.165) is 12.0 Å². The highest BCUT2D eigenvalue weighted by Crippen LogP contribution is 2.57. The van der Waals surface area contributed by atoms with E-state index in [9.17, 15) is 0 Å². The second-order valence-corrected chi connectivity index (χ2v) is 3.54. The minimum Gasteiger partial charge on any atom is -0.313 e. The monoisotopic (exact) mass is 111 g/mol. The Morgan fingerprint density at radius 1 is 1.62 bits per heavy atom. The number of rotatable bonds is 0. The fraction of sp³-hybridized carbons (Fsp3) is 1.00. The van der Waals surface area contributed by atoms with Crippen LogP contribution in [-0.2, 0) is 0 Å². The van der Waals surface area contributed by atoms with E-state index < -0.39 is 0 Å². The molecule has 1 saturated carbocycles. The van der Waals surface area contributed by atoms with Crippen LogP contribution in [0.1, 0.15) is 20.3 Å². The van der Waals surface area contributed by atoms with E-state index in [4.69, 9.17) is 0 Å². The third kappa shape index (κ3) is 0.368. The van der Waals surface area contributed by atoms with E-state index in [-0.39, 0.29) is 0 Å². The molecule has 0 aromatic rings. The Balaban J connectivity index is 2.19. The van der Waals surface area contributed by atoms with Crippen LogP contribution in [0.15, 0.2) is 0 Å². The molecule has 1 aliphatic carbocycles. The molecule has 46 valence electrons. The lowest BCUT2D eigenvalue weighted by Crippen LogP contribution is -2.26. The molecule has 0 radical (unpaired) electrons. The van der Waals surface area contributed by atoms with Crippen LogP contribution in [0, 0.1) is 11.3 Å². The van der Waals surface area contributed by atoms with Crippen molar-refractivity contribution in [2.45, 2.75) is 26.3 Å². The molecule has 3 atom stereocenters. The van der Waals surface area contributed by atoms with Crippen molar-refractivity contribution < 1.29 is 0 Å². The molecule has 2 fully saturated rings.